The van der Waals surface area contributed by atoms with Crippen molar-refractivity contribution in [2.45, 2.75) is 57.2 Å². The van der Waals surface area contributed by atoms with Gasteiger partial charge in [-0.1, -0.05) is 37.6 Å². The first kappa shape index (κ1) is 28.0. The van der Waals surface area contributed by atoms with E-state index in [0.29, 0.717) is 49.2 Å². The average molecular weight is 507 g/mol. The third-order valence-electron chi connectivity index (χ3n) is 7.11. The van der Waals surface area contributed by atoms with Crippen LogP contribution in [0.4, 0.5) is 13.2 Å². The van der Waals surface area contributed by atoms with E-state index in [2.05, 4.69) is 5.32 Å². The maximum atomic E-state index is 13.6. The van der Waals surface area contributed by atoms with Gasteiger partial charge in [-0.05, 0) is 68.6 Å². The monoisotopic (exact) mass is 506 g/mol. The highest BCUT2D eigenvalue weighted by atomic mass is 19.4. The predicted octanol–water partition coefficient (Wildman–Crippen LogP) is 5.61. The van der Waals surface area contributed by atoms with Crippen molar-refractivity contribution in [3.8, 4) is 16.9 Å². The van der Waals surface area contributed by atoms with E-state index in [1.165, 1.54) is 13.2 Å². The molecule has 1 saturated heterocycles. The minimum absolute atomic E-state index is 0.0710. The van der Waals surface area contributed by atoms with E-state index < -0.39 is 17.3 Å². The number of carbonyl (C=O) groups is 1. The molecular formula is C28H37F3N2O3. The number of amides is 1. The van der Waals surface area contributed by atoms with Gasteiger partial charge >= 0.3 is 6.18 Å². The van der Waals surface area contributed by atoms with Gasteiger partial charge in [-0.15, -0.1) is 0 Å². The number of nitrogens with zero attached hydrogens (tertiary/aromatic N) is 1. The van der Waals surface area contributed by atoms with Gasteiger partial charge in [0.25, 0.3) is 0 Å². The number of halogens is 3. The molecular weight excluding hydrogens is 469 g/mol. The van der Waals surface area contributed by atoms with Gasteiger partial charge in [-0.2, -0.15) is 13.2 Å². The molecule has 0 radical (unpaired) electrons. The van der Waals surface area contributed by atoms with Crippen LogP contribution in [0.1, 0.15) is 56.6 Å². The van der Waals surface area contributed by atoms with Crippen molar-refractivity contribution >= 4 is 5.91 Å². The number of hydrogen-bond donors (Lipinski definition) is 2. The maximum Gasteiger partial charge on any atom is 0.416 e. The van der Waals surface area contributed by atoms with Crippen LogP contribution in [0.3, 0.4) is 0 Å². The molecule has 3 rings (SSSR count). The number of nitrogens with one attached hydrogen (secondary N) is 1. The third kappa shape index (κ3) is 6.21. The van der Waals surface area contributed by atoms with Gasteiger partial charge in [0.05, 0.1) is 18.3 Å². The summed E-state index contributed by atoms with van der Waals surface area (Å²) in [4.78, 5) is 14.7. The fraction of sp³-hybridized carbons (Fsp3) is 0.536. The van der Waals surface area contributed by atoms with Crippen molar-refractivity contribution < 1.29 is 27.8 Å². The zero-order valence-corrected chi connectivity index (χ0v) is 21.3. The lowest BCUT2D eigenvalue weighted by atomic mass is 9.72. The summed E-state index contributed by atoms with van der Waals surface area (Å²) in [6.45, 7) is 3.81. The van der Waals surface area contributed by atoms with Crippen molar-refractivity contribution in [3.63, 3.8) is 0 Å². The second-order valence-electron chi connectivity index (χ2n) is 9.52. The lowest BCUT2D eigenvalue weighted by molar-refractivity contribution is -0.138. The number of alkyl halides is 3. The minimum Gasteiger partial charge on any atom is -0.496 e. The number of benzene rings is 2. The quantitative estimate of drug-likeness (QED) is 0.412. The second-order valence-corrected chi connectivity index (χ2v) is 9.52. The highest BCUT2D eigenvalue weighted by molar-refractivity contribution is 5.77. The molecule has 0 spiro atoms. The number of carbonyl (C=O) groups excluding carboxylic acids is 1. The van der Waals surface area contributed by atoms with Gasteiger partial charge in [0.15, 0.2) is 0 Å². The topological polar surface area (TPSA) is 61.8 Å². The predicted molar refractivity (Wildman–Crippen MR) is 135 cm³/mol. The highest BCUT2D eigenvalue weighted by Crippen LogP contribution is 2.46. The summed E-state index contributed by atoms with van der Waals surface area (Å²) in [5.74, 6) is 0.137. The van der Waals surface area contributed by atoms with Crippen molar-refractivity contribution in [1.29, 1.82) is 0 Å². The summed E-state index contributed by atoms with van der Waals surface area (Å²) >= 11 is 0. The highest BCUT2D eigenvalue weighted by Gasteiger charge is 2.42. The van der Waals surface area contributed by atoms with Crippen LogP contribution in [0, 0.1) is 5.92 Å². The average Bonchev–Trinajstić information content (AvgIpc) is 2.88. The summed E-state index contributed by atoms with van der Waals surface area (Å²) in [5, 5.41) is 15.3. The van der Waals surface area contributed by atoms with Crippen molar-refractivity contribution in [2.24, 2.45) is 5.92 Å². The Morgan fingerprint density at radius 1 is 1.19 bits per heavy atom. The molecule has 0 aliphatic carbocycles. The Morgan fingerprint density at radius 2 is 1.94 bits per heavy atom. The molecule has 0 saturated carbocycles. The largest absolute Gasteiger partial charge is 0.496 e. The Labute approximate surface area is 211 Å². The van der Waals surface area contributed by atoms with Crippen LogP contribution in [-0.4, -0.2) is 49.7 Å². The first-order valence-electron chi connectivity index (χ1n) is 12.7. The Morgan fingerprint density at radius 3 is 2.61 bits per heavy atom. The summed E-state index contributed by atoms with van der Waals surface area (Å²) < 4.78 is 46.1. The molecule has 1 aliphatic rings. The zero-order valence-electron chi connectivity index (χ0n) is 21.3. The van der Waals surface area contributed by atoms with E-state index in [9.17, 15) is 23.1 Å². The number of rotatable bonds is 10. The van der Waals surface area contributed by atoms with E-state index in [1.54, 1.807) is 24.3 Å². The van der Waals surface area contributed by atoms with Crippen molar-refractivity contribution in [3.05, 3.63) is 53.6 Å². The Balaban J connectivity index is 2.03. The molecule has 0 aromatic heterocycles. The van der Waals surface area contributed by atoms with Crippen LogP contribution in [0.25, 0.3) is 11.1 Å². The summed E-state index contributed by atoms with van der Waals surface area (Å²) in [6.07, 6.45) is -0.720. The van der Waals surface area contributed by atoms with E-state index in [1.807, 2.05) is 18.9 Å². The number of likely N-dealkylation sites (tertiary alicyclic amines) is 1. The SMILES string of the molecule is CCC[C@@](O)(c1ccccc1-c1cc(C(F)(F)F)ccc1OC)[C@@H]1CCCN(C(=O)CCCNC)C1. The number of aliphatic hydroxyl groups is 1. The van der Waals surface area contributed by atoms with Gasteiger partial charge in [0.1, 0.15) is 5.75 Å². The summed E-state index contributed by atoms with van der Waals surface area (Å²) in [6, 6.07) is 10.5. The molecule has 0 bridgehead atoms. The molecule has 1 aliphatic heterocycles. The number of hydrogen-bond acceptors (Lipinski definition) is 4. The molecule has 1 amide bonds. The fourth-order valence-electron chi connectivity index (χ4n) is 5.30. The van der Waals surface area contributed by atoms with Gasteiger partial charge in [0.2, 0.25) is 5.91 Å². The molecule has 1 fully saturated rings. The van der Waals surface area contributed by atoms with Gasteiger partial charge in [0, 0.05) is 31.0 Å². The number of piperidine rings is 1. The Kier molecular flexibility index (Phi) is 9.41. The molecule has 36 heavy (non-hydrogen) atoms. The van der Waals surface area contributed by atoms with Gasteiger partial charge < -0.3 is 20.1 Å². The van der Waals surface area contributed by atoms with E-state index in [4.69, 9.17) is 4.74 Å². The smallest absolute Gasteiger partial charge is 0.416 e. The minimum atomic E-state index is -4.51. The van der Waals surface area contributed by atoms with Gasteiger partial charge in [-0.25, -0.2) is 0 Å². The van der Waals surface area contributed by atoms with Crippen LogP contribution < -0.4 is 10.1 Å². The molecule has 8 heteroatoms. The van der Waals surface area contributed by atoms with Gasteiger partial charge in [-0.3, -0.25) is 4.79 Å². The zero-order chi connectivity index (χ0) is 26.3. The Hall–Kier alpha value is -2.58. The summed E-state index contributed by atoms with van der Waals surface area (Å²) in [7, 11) is 3.27. The molecule has 5 nitrogen and oxygen atoms in total. The molecule has 1 heterocycles. The Bertz CT molecular complexity index is 1030. The molecule has 0 unspecified atom stereocenters. The number of ether oxygens (including phenoxy) is 1. The van der Waals surface area contributed by atoms with Crippen LogP contribution in [0.5, 0.6) is 5.75 Å². The van der Waals surface area contributed by atoms with E-state index >= 15 is 0 Å². The normalized spacial score (nSPS) is 18.1. The van der Waals surface area contributed by atoms with Crippen LogP contribution in [-0.2, 0) is 16.6 Å². The number of methoxy groups -OCH3 is 1. The first-order chi connectivity index (χ1) is 17.2. The lowest BCUT2D eigenvalue weighted by Gasteiger charge is -2.43. The standard InChI is InChI=1S/C28H37F3N2O3/c1-4-15-27(35,21-9-8-17-33(19-21)26(34)12-7-16-32-2)24-11-6-5-10-22(24)23-18-20(28(29,30)31)13-14-25(23)36-3/h5-6,10-11,13-14,18,21,32,35H,4,7-9,12,15-17,19H2,1-3H3/t21-,27+/m1/s1. The molecule has 2 aromatic carbocycles. The first-order valence-corrected chi connectivity index (χ1v) is 12.7. The maximum absolute atomic E-state index is 13.6. The molecule has 2 aromatic rings. The molecule has 198 valence electrons. The molecule has 2 N–H and O–H groups in total. The van der Waals surface area contributed by atoms with Crippen molar-refractivity contribution in [2.75, 3.05) is 33.8 Å². The summed E-state index contributed by atoms with van der Waals surface area (Å²) in [5.41, 5.74) is -0.724. The van der Waals surface area contributed by atoms with Crippen LogP contribution >= 0.6 is 0 Å². The third-order valence-corrected chi connectivity index (χ3v) is 7.11. The molecule has 2 atom stereocenters. The van der Waals surface area contributed by atoms with Crippen LogP contribution in [0.15, 0.2) is 42.5 Å². The van der Waals surface area contributed by atoms with E-state index in [0.717, 1.165) is 37.9 Å². The fourth-order valence-corrected chi connectivity index (χ4v) is 5.30. The lowest BCUT2D eigenvalue weighted by Crippen LogP contribution is -2.48. The van der Waals surface area contributed by atoms with Crippen LogP contribution in [0.2, 0.25) is 0 Å². The van der Waals surface area contributed by atoms with Crippen molar-refractivity contribution in [1.82, 2.24) is 10.2 Å². The van der Waals surface area contributed by atoms with E-state index in [-0.39, 0.29) is 17.4 Å². The second kappa shape index (κ2) is 12.1.